The molecule has 2 rings (SSSR count). The van der Waals surface area contributed by atoms with Gasteiger partial charge in [0.25, 0.3) is 0 Å². The van der Waals surface area contributed by atoms with Crippen LogP contribution in [-0.4, -0.2) is 6.10 Å². The smallest absolute Gasteiger partial charge is 0.124 e. The summed E-state index contributed by atoms with van der Waals surface area (Å²) in [6, 6.07) is 12.2. The summed E-state index contributed by atoms with van der Waals surface area (Å²) in [6.45, 7) is 5.82. The first kappa shape index (κ1) is 15.5. The maximum Gasteiger partial charge on any atom is 0.124 e. The van der Waals surface area contributed by atoms with Crippen LogP contribution >= 0.6 is 0 Å². The Bertz CT molecular complexity index is 613. The van der Waals surface area contributed by atoms with E-state index in [0.717, 1.165) is 22.4 Å². The third-order valence-corrected chi connectivity index (χ3v) is 3.30. The van der Waals surface area contributed by atoms with E-state index in [1.165, 1.54) is 12.1 Å². The highest BCUT2D eigenvalue weighted by Gasteiger charge is 2.19. The monoisotopic (exact) mass is 288 g/mol. The molecular formula is C17H21FN2O. The van der Waals surface area contributed by atoms with Crippen molar-refractivity contribution >= 4 is 0 Å². The van der Waals surface area contributed by atoms with Gasteiger partial charge < -0.3 is 4.74 Å². The van der Waals surface area contributed by atoms with E-state index in [1.54, 1.807) is 6.07 Å². The highest BCUT2D eigenvalue weighted by molar-refractivity contribution is 5.44. The Morgan fingerprint density at radius 1 is 1.10 bits per heavy atom. The van der Waals surface area contributed by atoms with Crippen molar-refractivity contribution in [3.8, 4) is 5.75 Å². The molecule has 0 aromatic heterocycles. The van der Waals surface area contributed by atoms with Gasteiger partial charge in [-0.25, -0.2) is 9.82 Å². The minimum absolute atomic E-state index is 0.0684. The molecule has 0 heterocycles. The number of hydrogen-bond donors (Lipinski definition) is 2. The largest absolute Gasteiger partial charge is 0.491 e. The van der Waals surface area contributed by atoms with Crippen molar-refractivity contribution in [2.75, 3.05) is 0 Å². The molecular weight excluding hydrogens is 267 g/mol. The maximum atomic E-state index is 13.3. The first-order valence-electron chi connectivity index (χ1n) is 7.00. The second kappa shape index (κ2) is 6.70. The van der Waals surface area contributed by atoms with Gasteiger partial charge in [-0.15, -0.1) is 0 Å². The summed E-state index contributed by atoms with van der Waals surface area (Å²) >= 11 is 0. The maximum absolute atomic E-state index is 13.3. The molecule has 2 aromatic carbocycles. The minimum atomic E-state index is -0.251. The molecule has 0 saturated heterocycles. The molecule has 0 aliphatic rings. The Kier molecular flexibility index (Phi) is 4.94. The van der Waals surface area contributed by atoms with Crippen LogP contribution in [0.2, 0.25) is 0 Å². The predicted molar refractivity (Wildman–Crippen MR) is 82.5 cm³/mol. The lowest BCUT2D eigenvalue weighted by Crippen LogP contribution is -2.30. The van der Waals surface area contributed by atoms with Gasteiger partial charge in [-0.2, -0.15) is 0 Å². The van der Waals surface area contributed by atoms with Crippen LogP contribution in [-0.2, 0) is 0 Å². The van der Waals surface area contributed by atoms with Crippen molar-refractivity contribution in [1.29, 1.82) is 0 Å². The quantitative estimate of drug-likeness (QED) is 0.654. The van der Waals surface area contributed by atoms with E-state index in [1.807, 2.05) is 45.0 Å². The van der Waals surface area contributed by atoms with E-state index in [2.05, 4.69) is 5.43 Å². The number of hydrogen-bond acceptors (Lipinski definition) is 3. The SMILES string of the molecule is Cc1cc(F)ccc1C(NN)c1ccccc1OC(C)C. The fraction of sp³-hybridized carbons (Fsp3) is 0.294. The average molecular weight is 288 g/mol. The number of rotatable bonds is 5. The Labute approximate surface area is 124 Å². The van der Waals surface area contributed by atoms with Crippen molar-refractivity contribution in [2.45, 2.75) is 32.9 Å². The average Bonchev–Trinajstić information content (AvgIpc) is 2.43. The van der Waals surface area contributed by atoms with Gasteiger partial charge in [-0.3, -0.25) is 5.84 Å². The standard InChI is InChI=1S/C17H21FN2O/c1-11(2)21-16-7-5-4-6-15(16)17(20-19)14-9-8-13(18)10-12(14)3/h4-11,17,20H,19H2,1-3H3. The number of ether oxygens (including phenoxy) is 1. The van der Waals surface area contributed by atoms with E-state index in [0.29, 0.717) is 0 Å². The fourth-order valence-electron chi connectivity index (χ4n) is 2.39. The molecule has 1 unspecified atom stereocenters. The minimum Gasteiger partial charge on any atom is -0.491 e. The Balaban J connectivity index is 2.46. The Morgan fingerprint density at radius 2 is 1.81 bits per heavy atom. The number of nitrogens with two attached hydrogens (primary N) is 1. The van der Waals surface area contributed by atoms with Gasteiger partial charge in [0, 0.05) is 5.56 Å². The molecule has 0 aliphatic heterocycles. The lowest BCUT2D eigenvalue weighted by Gasteiger charge is -2.23. The molecule has 0 aliphatic carbocycles. The number of hydrazine groups is 1. The fourth-order valence-corrected chi connectivity index (χ4v) is 2.39. The van der Waals surface area contributed by atoms with Crippen LogP contribution in [0.25, 0.3) is 0 Å². The van der Waals surface area contributed by atoms with Crippen LogP contribution in [0.15, 0.2) is 42.5 Å². The van der Waals surface area contributed by atoms with Crippen molar-refractivity contribution in [2.24, 2.45) is 5.84 Å². The second-order valence-electron chi connectivity index (χ2n) is 5.31. The van der Waals surface area contributed by atoms with E-state index < -0.39 is 0 Å². The third kappa shape index (κ3) is 3.60. The molecule has 3 N–H and O–H groups in total. The van der Waals surface area contributed by atoms with Gasteiger partial charge in [-0.1, -0.05) is 24.3 Å². The molecule has 0 saturated carbocycles. The summed E-state index contributed by atoms with van der Waals surface area (Å²) in [4.78, 5) is 0. The molecule has 1 atom stereocenters. The second-order valence-corrected chi connectivity index (χ2v) is 5.31. The van der Waals surface area contributed by atoms with E-state index in [9.17, 15) is 4.39 Å². The molecule has 112 valence electrons. The van der Waals surface area contributed by atoms with Crippen LogP contribution in [0.1, 0.15) is 36.6 Å². The zero-order chi connectivity index (χ0) is 15.4. The highest BCUT2D eigenvalue weighted by Crippen LogP contribution is 2.31. The van der Waals surface area contributed by atoms with Crippen LogP contribution < -0.4 is 16.0 Å². The number of nitrogens with one attached hydrogen (secondary N) is 1. The normalized spacial score (nSPS) is 12.5. The van der Waals surface area contributed by atoms with Crippen LogP contribution in [0, 0.1) is 12.7 Å². The van der Waals surface area contributed by atoms with Crippen molar-refractivity contribution in [3.05, 3.63) is 65.0 Å². The number of aryl methyl sites for hydroxylation is 1. The zero-order valence-corrected chi connectivity index (χ0v) is 12.6. The summed E-state index contributed by atoms with van der Waals surface area (Å²) in [5.41, 5.74) is 5.51. The summed E-state index contributed by atoms with van der Waals surface area (Å²) in [5, 5.41) is 0. The predicted octanol–water partition coefficient (Wildman–Crippen LogP) is 3.47. The van der Waals surface area contributed by atoms with E-state index >= 15 is 0 Å². The molecule has 3 nitrogen and oxygen atoms in total. The molecule has 0 amide bonds. The van der Waals surface area contributed by atoms with E-state index in [-0.39, 0.29) is 18.0 Å². The highest BCUT2D eigenvalue weighted by atomic mass is 19.1. The van der Waals surface area contributed by atoms with Gasteiger partial charge in [0.15, 0.2) is 0 Å². The summed E-state index contributed by atoms with van der Waals surface area (Å²) in [5.74, 6) is 6.27. The number of para-hydroxylation sites is 1. The van der Waals surface area contributed by atoms with Gasteiger partial charge in [-0.05, 0) is 50.1 Å². The molecule has 21 heavy (non-hydrogen) atoms. The van der Waals surface area contributed by atoms with Gasteiger partial charge in [0.1, 0.15) is 11.6 Å². The lowest BCUT2D eigenvalue weighted by molar-refractivity contribution is 0.238. The van der Waals surface area contributed by atoms with Gasteiger partial charge in [0.05, 0.1) is 12.1 Å². The van der Waals surface area contributed by atoms with E-state index in [4.69, 9.17) is 10.6 Å². The summed E-state index contributed by atoms with van der Waals surface area (Å²) in [7, 11) is 0. The van der Waals surface area contributed by atoms with Crippen LogP contribution in [0.4, 0.5) is 4.39 Å². The third-order valence-electron chi connectivity index (χ3n) is 3.30. The molecule has 4 heteroatoms. The topological polar surface area (TPSA) is 47.3 Å². The van der Waals surface area contributed by atoms with Gasteiger partial charge >= 0.3 is 0 Å². The molecule has 0 bridgehead atoms. The Morgan fingerprint density at radius 3 is 2.43 bits per heavy atom. The van der Waals surface area contributed by atoms with Gasteiger partial charge in [0.2, 0.25) is 0 Å². The number of benzene rings is 2. The van der Waals surface area contributed by atoms with Crippen molar-refractivity contribution < 1.29 is 9.13 Å². The zero-order valence-electron chi connectivity index (χ0n) is 12.6. The Hall–Kier alpha value is -1.91. The lowest BCUT2D eigenvalue weighted by atomic mass is 9.94. The van der Waals surface area contributed by atoms with Crippen molar-refractivity contribution in [3.63, 3.8) is 0 Å². The first-order valence-corrected chi connectivity index (χ1v) is 7.00. The molecule has 0 fully saturated rings. The summed E-state index contributed by atoms with van der Waals surface area (Å²) < 4.78 is 19.1. The van der Waals surface area contributed by atoms with Crippen LogP contribution in [0.5, 0.6) is 5.75 Å². The number of halogens is 1. The molecule has 0 radical (unpaired) electrons. The molecule has 2 aromatic rings. The first-order chi connectivity index (χ1) is 10.0. The van der Waals surface area contributed by atoms with Crippen molar-refractivity contribution in [1.82, 2.24) is 5.43 Å². The summed E-state index contributed by atoms with van der Waals surface area (Å²) in [6.07, 6.45) is 0.0684. The van der Waals surface area contributed by atoms with Crippen LogP contribution in [0.3, 0.4) is 0 Å². The molecule has 0 spiro atoms.